The van der Waals surface area contributed by atoms with Gasteiger partial charge in [-0.1, -0.05) is 6.07 Å². The molecule has 0 saturated carbocycles. The van der Waals surface area contributed by atoms with Gasteiger partial charge in [-0.05, 0) is 37.9 Å². The van der Waals surface area contributed by atoms with Crippen LogP contribution in [-0.4, -0.2) is 54.2 Å². The highest BCUT2D eigenvalue weighted by Gasteiger charge is 2.22. The monoisotopic (exact) mass is 291 g/mol. The number of aryl methyl sites for hydroxylation is 1. The van der Waals surface area contributed by atoms with Crippen molar-refractivity contribution in [1.29, 1.82) is 0 Å². The van der Waals surface area contributed by atoms with Gasteiger partial charge in [-0.25, -0.2) is 0 Å². The second-order valence-corrected chi connectivity index (χ2v) is 5.59. The Morgan fingerprint density at radius 3 is 3.14 bits per heavy atom. The predicted octanol–water partition coefficient (Wildman–Crippen LogP) is 0.932. The molecule has 5 heteroatoms. The molecule has 1 aromatic heterocycles. The fourth-order valence-electron chi connectivity index (χ4n) is 2.87. The number of piperidine rings is 1. The average molecular weight is 291 g/mol. The molecule has 0 radical (unpaired) electrons. The van der Waals surface area contributed by atoms with Crippen LogP contribution in [0.25, 0.3) is 0 Å². The minimum atomic E-state index is 0.0500. The van der Waals surface area contributed by atoms with E-state index in [2.05, 4.69) is 16.3 Å². The molecule has 1 aliphatic rings. The highest BCUT2D eigenvalue weighted by atomic mass is 16.3. The second kappa shape index (κ2) is 8.10. The topological polar surface area (TPSA) is 65.5 Å². The van der Waals surface area contributed by atoms with Crippen LogP contribution in [0.5, 0.6) is 0 Å². The minimum Gasteiger partial charge on any atom is -0.395 e. The van der Waals surface area contributed by atoms with Crippen LogP contribution in [0.2, 0.25) is 0 Å². The lowest BCUT2D eigenvalue weighted by Crippen LogP contribution is -2.36. The van der Waals surface area contributed by atoms with E-state index in [0.717, 1.165) is 43.9 Å². The van der Waals surface area contributed by atoms with E-state index in [0.29, 0.717) is 18.8 Å². The predicted molar refractivity (Wildman–Crippen MR) is 82.1 cm³/mol. The molecular weight excluding hydrogens is 266 g/mol. The Morgan fingerprint density at radius 1 is 1.52 bits per heavy atom. The Labute approximate surface area is 126 Å². The number of carbonyl (C=O) groups is 1. The van der Waals surface area contributed by atoms with E-state index in [9.17, 15) is 4.79 Å². The fourth-order valence-corrected chi connectivity index (χ4v) is 2.87. The number of aliphatic hydroxyl groups excluding tert-OH is 1. The smallest absolute Gasteiger partial charge is 0.220 e. The maximum Gasteiger partial charge on any atom is 0.220 e. The SMILES string of the molecule is CNC(=O)CCc1cccc(C2CCCN(CCO)C2)n1. The number of nitrogens with zero attached hydrogens (tertiary/aromatic N) is 2. The summed E-state index contributed by atoms with van der Waals surface area (Å²) in [6, 6.07) is 6.10. The van der Waals surface area contributed by atoms with Crippen molar-refractivity contribution in [2.45, 2.75) is 31.6 Å². The van der Waals surface area contributed by atoms with Gasteiger partial charge in [0.2, 0.25) is 5.91 Å². The zero-order valence-corrected chi connectivity index (χ0v) is 12.7. The van der Waals surface area contributed by atoms with Gasteiger partial charge < -0.3 is 15.3 Å². The number of likely N-dealkylation sites (tertiary alicyclic amines) is 1. The number of hydrogen-bond acceptors (Lipinski definition) is 4. The molecule has 21 heavy (non-hydrogen) atoms. The maximum atomic E-state index is 11.3. The molecule has 1 saturated heterocycles. The maximum absolute atomic E-state index is 11.3. The van der Waals surface area contributed by atoms with Gasteiger partial charge in [0.15, 0.2) is 0 Å². The first-order valence-corrected chi connectivity index (χ1v) is 7.72. The number of carbonyl (C=O) groups excluding carboxylic acids is 1. The minimum absolute atomic E-state index is 0.0500. The van der Waals surface area contributed by atoms with E-state index < -0.39 is 0 Å². The van der Waals surface area contributed by atoms with Crippen molar-refractivity contribution in [2.24, 2.45) is 0 Å². The Bertz CT molecular complexity index is 463. The lowest BCUT2D eigenvalue weighted by molar-refractivity contribution is -0.120. The van der Waals surface area contributed by atoms with Crippen molar-refractivity contribution in [3.8, 4) is 0 Å². The van der Waals surface area contributed by atoms with Gasteiger partial charge in [0.1, 0.15) is 0 Å². The standard InChI is InChI=1S/C16H25N3O2/c1-17-16(21)8-7-14-5-2-6-15(18-14)13-4-3-9-19(12-13)10-11-20/h2,5-6,13,20H,3-4,7-12H2,1H3,(H,17,21). The van der Waals surface area contributed by atoms with Gasteiger partial charge in [-0.15, -0.1) is 0 Å². The summed E-state index contributed by atoms with van der Waals surface area (Å²) >= 11 is 0. The van der Waals surface area contributed by atoms with E-state index in [1.165, 1.54) is 0 Å². The quantitative estimate of drug-likeness (QED) is 0.818. The summed E-state index contributed by atoms with van der Waals surface area (Å²) in [5, 5.41) is 11.7. The normalized spacial score (nSPS) is 19.4. The molecule has 0 bridgehead atoms. The Balaban J connectivity index is 1.97. The number of pyridine rings is 1. The number of β-amino-alcohol motifs (C(OH)–C–C–N with tert-alkyl or cyclic N) is 1. The molecule has 2 rings (SSSR count). The van der Waals surface area contributed by atoms with Crippen molar-refractivity contribution < 1.29 is 9.90 Å². The van der Waals surface area contributed by atoms with Crippen LogP contribution in [0.1, 0.15) is 36.6 Å². The third kappa shape index (κ3) is 4.79. The molecule has 116 valence electrons. The molecule has 2 N–H and O–H groups in total. The molecule has 2 heterocycles. The summed E-state index contributed by atoms with van der Waals surface area (Å²) in [6.07, 6.45) is 3.46. The fraction of sp³-hybridized carbons (Fsp3) is 0.625. The first-order valence-electron chi connectivity index (χ1n) is 7.72. The van der Waals surface area contributed by atoms with Crippen molar-refractivity contribution in [2.75, 3.05) is 33.3 Å². The molecule has 1 amide bonds. The van der Waals surface area contributed by atoms with E-state index >= 15 is 0 Å². The summed E-state index contributed by atoms with van der Waals surface area (Å²) in [4.78, 5) is 18.3. The molecule has 1 atom stereocenters. The lowest BCUT2D eigenvalue weighted by Gasteiger charge is -2.32. The number of aromatic nitrogens is 1. The highest BCUT2D eigenvalue weighted by Crippen LogP contribution is 2.25. The van der Waals surface area contributed by atoms with Crippen LogP contribution in [-0.2, 0) is 11.2 Å². The van der Waals surface area contributed by atoms with Gasteiger partial charge in [-0.2, -0.15) is 0 Å². The summed E-state index contributed by atoms with van der Waals surface area (Å²) in [6.45, 7) is 2.99. The molecule has 0 aliphatic carbocycles. The van der Waals surface area contributed by atoms with Crippen LogP contribution < -0.4 is 5.32 Å². The van der Waals surface area contributed by atoms with E-state index in [-0.39, 0.29) is 12.5 Å². The van der Waals surface area contributed by atoms with Crippen molar-refractivity contribution >= 4 is 5.91 Å². The largest absolute Gasteiger partial charge is 0.395 e. The third-order valence-electron chi connectivity index (χ3n) is 4.06. The molecule has 1 fully saturated rings. The zero-order chi connectivity index (χ0) is 15.1. The van der Waals surface area contributed by atoms with Crippen LogP contribution in [0.15, 0.2) is 18.2 Å². The van der Waals surface area contributed by atoms with Gasteiger partial charge in [0.05, 0.1) is 6.61 Å². The van der Waals surface area contributed by atoms with Crippen molar-refractivity contribution in [1.82, 2.24) is 15.2 Å². The summed E-state index contributed by atoms with van der Waals surface area (Å²) in [5.41, 5.74) is 2.10. The zero-order valence-electron chi connectivity index (χ0n) is 12.7. The number of nitrogens with one attached hydrogen (secondary N) is 1. The molecule has 0 aromatic carbocycles. The van der Waals surface area contributed by atoms with Gasteiger partial charge in [0.25, 0.3) is 0 Å². The Kier molecular flexibility index (Phi) is 6.14. The van der Waals surface area contributed by atoms with Crippen LogP contribution in [0.4, 0.5) is 0 Å². The Hall–Kier alpha value is -1.46. The first kappa shape index (κ1) is 15.9. The molecule has 0 spiro atoms. The van der Waals surface area contributed by atoms with Gasteiger partial charge >= 0.3 is 0 Å². The molecule has 1 aromatic rings. The number of aliphatic hydroxyl groups is 1. The number of rotatable bonds is 6. The molecule has 5 nitrogen and oxygen atoms in total. The second-order valence-electron chi connectivity index (χ2n) is 5.59. The number of amides is 1. The van der Waals surface area contributed by atoms with Crippen LogP contribution >= 0.6 is 0 Å². The molecule has 1 unspecified atom stereocenters. The van der Waals surface area contributed by atoms with E-state index in [1.807, 2.05) is 12.1 Å². The average Bonchev–Trinajstić information content (AvgIpc) is 2.53. The Morgan fingerprint density at radius 2 is 2.38 bits per heavy atom. The van der Waals surface area contributed by atoms with E-state index in [4.69, 9.17) is 10.1 Å². The van der Waals surface area contributed by atoms with Gasteiger partial charge in [-0.3, -0.25) is 9.78 Å². The van der Waals surface area contributed by atoms with Crippen LogP contribution in [0, 0.1) is 0 Å². The van der Waals surface area contributed by atoms with E-state index in [1.54, 1.807) is 7.05 Å². The molecular formula is C16H25N3O2. The number of hydrogen-bond donors (Lipinski definition) is 2. The van der Waals surface area contributed by atoms with Crippen molar-refractivity contribution in [3.05, 3.63) is 29.6 Å². The summed E-state index contributed by atoms with van der Waals surface area (Å²) < 4.78 is 0. The van der Waals surface area contributed by atoms with Gasteiger partial charge in [0, 0.05) is 43.9 Å². The summed E-state index contributed by atoms with van der Waals surface area (Å²) in [7, 11) is 1.66. The third-order valence-corrected chi connectivity index (χ3v) is 4.06. The van der Waals surface area contributed by atoms with Crippen LogP contribution in [0.3, 0.4) is 0 Å². The lowest BCUT2D eigenvalue weighted by atomic mass is 9.94. The first-order chi connectivity index (χ1) is 10.2. The molecule has 1 aliphatic heterocycles. The highest BCUT2D eigenvalue weighted by molar-refractivity contribution is 5.75. The summed E-state index contributed by atoms with van der Waals surface area (Å²) in [5.74, 6) is 0.485. The van der Waals surface area contributed by atoms with Crippen molar-refractivity contribution in [3.63, 3.8) is 0 Å².